The molecule has 1 fully saturated rings. The van der Waals surface area contributed by atoms with Gasteiger partial charge >= 0.3 is 0 Å². The van der Waals surface area contributed by atoms with Crippen LogP contribution >= 0.6 is 0 Å². The Balaban J connectivity index is 0.000000198. The fourth-order valence-corrected chi connectivity index (χ4v) is 4.12. The summed E-state index contributed by atoms with van der Waals surface area (Å²) in [5.41, 5.74) is 11.6. The Kier molecular flexibility index (Phi) is 10.1. The lowest BCUT2D eigenvalue weighted by molar-refractivity contribution is 0.320. The Labute approximate surface area is 209 Å². The molecule has 0 bridgehead atoms. The second kappa shape index (κ2) is 13.4. The lowest BCUT2D eigenvalue weighted by Gasteiger charge is -2.19. The Morgan fingerprint density at radius 3 is 2.31 bits per heavy atom. The van der Waals surface area contributed by atoms with Crippen LogP contribution in [0.4, 0.5) is 4.39 Å². The molecule has 3 aromatic rings. The number of alkyl halides is 1. The van der Waals surface area contributed by atoms with Gasteiger partial charge in [-0.15, -0.1) is 0 Å². The molecule has 0 saturated carbocycles. The number of aryl methyl sites for hydroxylation is 1. The first-order valence-electron chi connectivity index (χ1n) is 12.2. The average Bonchev–Trinajstić information content (AvgIpc) is 3.34. The van der Waals surface area contributed by atoms with Crippen molar-refractivity contribution in [2.45, 2.75) is 44.4 Å². The van der Waals surface area contributed by atoms with E-state index in [2.05, 4.69) is 59.9 Å². The zero-order valence-corrected chi connectivity index (χ0v) is 20.6. The van der Waals surface area contributed by atoms with Gasteiger partial charge in [0.25, 0.3) is 0 Å². The molecule has 2 heterocycles. The molecule has 0 spiro atoms. The van der Waals surface area contributed by atoms with Gasteiger partial charge in [0.15, 0.2) is 0 Å². The topological polar surface area (TPSA) is 54.2 Å². The van der Waals surface area contributed by atoms with E-state index in [0.29, 0.717) is 13.0 Å². The minimum atomic E-state index is -0.674. The molecule has 3 atom stereocenters. The summed E-state index contributed by atoms with van der Waals surface area (Å²) in [4.78, 5) is 6.31. The van der Waals surface area contributed by atoms with Crippen LogP contribution in [-0.2, 0) is 6.42 Å². The molecule has 4 nitrogen and oxygen atoms in total. The molecule has 184 valence electrons. The summed E-state index contributed by atoms with van der Waals surface area (Å²) in [6.45, 7) is 11.1. The summed E-state index contributed by atoms with van der Waals surface area (Å²) >= 11 is 0. The number of aromatic nitrogens is 1. The zero-order valence-electron chi connectivity index (χ0n) is 20.6. The molecule has 5 heteroatoms. The van der Waals surface area contributed by atoms with Crippen LogP contribution in [0.25, 0.3) is 0 Å². The number of rotatable bonds is 9. The van der Waals surface area contributed by atoms with Gasteiger partial charge in [-0.05, 0) is 61.2 Å². The highest BCUT2D eigenvalue weighted by molar-refractivity contribution is 5.34. The molecule has 3 N–H and O–H groups in total. The second-order valence-electron chi connectivity index (χ2n) is 8.89. The summed E-state index contributed by atoms with van der Waals surface area (Å²) in [5, 5.41) is 3.30. The molecular formula is C30H37FN4. The third-order valence-corrected chi connectivity index (χ3v) is 6.19. The Morgan fingerprint density at radius 2 is 1.74 bits per heavy atom. The lowest BCUT2D eigenvalue weighted by atomic mass is 9.97. The van der Waals surface area contributed by atoms with Gasteiger partial charge in [-0.25, -0.2) is 4.39 Å². The molecule has 3 unspecified atom stereocenters. The molecule has 4 rings (SSSR count). The van der Waals surface area contributed by atoms with Crippen LogP contribution in [0, 0.1) is 0 Å². The number of pyridine rings is 1. The van der Waals surface area contributed by atoms with Crippen molar-refractivity contribution in [2.24, 2.45) is 5.73 Å². The molecular weight excluding hydrogens is 435 g/mol. The standard InChI is InChI=1S/C17H20N2.C13H17FN2/c1-3-19-17(15-7-5-4-6-8-15)16-11-9-14(10-12-16)13(2)18;1-11(16-9-7-12(14)10-16)5-6-13-4-2-3-8-15-13/h3-13,17,19H,1,18H2,2H3;2-4,8,12H,1,5-7,9-10H2. The zero-order chi connectivity index (χ0) is 25.0. The number of hydrogen-bond donors (Lipinski definition) is 2. The van der Waals surface area contributed by atoms with Crippen LogP contribution in [0.1, 0.15) is 54.2 Å². The number of likely N-dealkylation sites (tertiary alicyclic amines) is 1. The minimum absolute atomic E-state index is 0.0663. The quantitative estimate of drug-likeness (QED) is 0.395. The summed E-state index contributed by atoms with van der Waals surface area (Å²) in [6.07, 6.45) is 5.24. The molecule has 2 aromatic carbocycles. The number of hydrogen-bond acceptors (Lipinski definition) is 4. The number of allylic oxidation sites excluding steroid dienone is 1. The van der Waals surface area contributed by atoms with Gasteiger partial charge in [-0.1, -0.05) is 73.8 Å². The molecule has 0 aliphatic carbocycles. The van der Waals surface area contributed by atoms with Crippen molar-refractivity contribution in [1.82, 2.24) is 15.2 Å². The number of nitrogens with zero attached hydrogens (tertiary/aromatic N) is 2. The van der Waals surface area contributed by atoms with Crippen LogP contribution in [0.15, 0.2) is 104 Å². The SMILES string of the molecule is C=C(CCc1ccccn1)N1CCC(F)C1.C=CNC(c1ccccc1)c1ccc(C(C)N)cc1. The number of benzene rings is 2. The number of halogens is 1. The second-order valence-corrected chi connectivity index (χ2v) is 8.89. The molecule has 1 saturated heterocycles. The highest BCUT2D eigenvalue weighted by Crippen LogP contribution is 2.23. The predicted molar refractivity (Wildman–Crippen MR) is 143 cm³/mol. The van der Waals surface area contributed by atoms with Gasteiger partial charge in [0, 0.05) is 36.7 Å². The molecule has 35 heavy (non-hydrogen) atoms. The van der Waals surface area contributed by atoms with Crippen molar-refractivity contribution in [3.8, 4) is 0 Å². The first-order valence-corrected chi connectivity index (χ1v) is 12.2. The highest BCUT2D eigenvalue weighted by atomic mass is 19.1. The van der Waals surface area contributed by atoms with Gasteiger partial charge < -0.3 is 16.0 Å². The molecule has 1 aromatic heterocycles. The molecule has 1 aliphatic heterocycles. The highest BCUT2D eigenvalue weighted by Gasteiger charge is 2.22. The number of nitrogens with two attached hydrogens (primary N) is 1. The Hall–Kier alpha value is -3.44. The minimum Gasteiger partial charge on any atom is -0.381 e. The fraction of sp³-hybridized carbons (Fsp3) is 0.300. The van der Waals surface area contributed by atoms with E-state index in [0.717, 1.165) is 36.3 Å². The van der Waals surface area contributed by atoms with E-state index in [-0.39, 0.29) is 12.1 Å². The van der Waals surface area contributed by atoms with E-state index in [1.165, 1.54) is 11.1 Å². The summed E-state index contributed by atoms with van der Waals surface area (Å²) in [6, 6.07) is 24.8. The molecule has 0 amide bonds. The van der Waals surface area contributed by atoms with Crippen molar-refractivity contribution < 1.29 is 4.39 Å². The van der Waals surface area contributed by atoms with Crippen molar-refractivity contribution in [2.75, 3.05) is 13.1 Å². The van der Waals surface area contributed by atoms with E-state index in [9.17, 15) is 4.39 Å². The van der Waals surface area contributed by atoms with Crippen molar-refractivity contribution in [3.63, 3.8) is 0 Å². The van der Waals surface area contributed by atoms with Crippen LogP contribution in [0.3, 0.4) is 0 Å². The van der Waals surface area contributed by atoms with E-state index in [4.69, 9.17) is 5.73 Å². The third kappa shape index (κ3) is 8.08. The van der Waals surface area contributed by atoms with Crippen LogP contribution in [0.5, 0.6) is 0 Å². The van der Waals surface area contributed by atoms with E-state index < -0.39 is 6.17 Å². The third-order valence-electron chi connectivity index (χ3n) is 6.19. The summed E-state index contributed by atoms with van der Waals surface area (Å²) in [7, 11) is 0. The van der Waals surface area contributed by atoms with Crippen molar-refractivity contribution >= 4 is 0 Å². The Bertz CT molecular complexity index is 1030. The van der Waals surface area contributed by atoms with Crippen LogP contribution in [-0.4, -0.2) is 29.1 Å². The van der Waals surface area contributed by atoms with Crippen molar-refractivity contribution in [1.29, 1.82) is 0 Å². The van der Waals surface area contributed by atoms with E-state index in [1.54, 1.807) is 12.4 Å². The van der Waals surface area contributed by atoms with Crippen LogP contribution in [0.2, 0.25) is 0 Å². The average molecular weight is 473 g/mol. The van der Waals surface area contributed by atoms with Crippen LogP contribution < -0.4 is 11.1 Å². The maximum absolute atomic E-state index is 13.0. The van der Waals surface area contributed by atoms with Gasteiger partial charge in [0.2, 0.25) is 0 Å². The fourth-order valence-electron chi connectivity index (χ4n) is 4.12. The molecule has 0 radical (unpaired) electrons. The largest absolute Gasteiger partial charge is 0.381 e. The summed E-state index contributed by atoms with van der Waals surface area (Å²) in [5.74, 6) is 0. The lowest BCUT2D eigenvalue weighted by Crippen LogP contribution is -2.20. The maximum atomic E-state index is 13.0. The monoisotopic (exact) mass is 472 g/mol. The van der Waals surface area contributed by atoms with E-state index in [1.807, 2.05) is 48.2 Å². The first-order chi connectivity index (χ1) is 17.0. The first kappa shape index (κ1) is 26.2. The number of nitrogens with one attached hydrogen (secondary N) is 1. The maximum Gasteiger partial charge on any atom is 0.119 e. The van der Waals surface area contributed by atoms with Gasteiger partial charge in [0.05, 0.1) is 6.04 Å². The van der Waals surface area contributed by atoms with Gasteiger partial charge in [0.1, 0.15) is 6.17 Å². The van der Waals surface area contributed by atoms with Gasteiger partial charge in [-0.2, -0.15) is 0 Å². The van der Waals surface area contributed by atoms with E-state index >= 15 is 0 Å². The molecule has 1 aliphatic rings. The predicted octanol–water partition coefficient (Wildman–Crippen LogP) is 6.10. The Morgan fingerprint density at radius 1 is 1.09 bits per heavy atom. The normalized spacial score (nSPS) is 16.5. The van der Waals surface area contributed by atoms with Gasteiger partial charge in [-0.3, -0.25) is 4.98 Å². The van der Waals surface area contributed by atoms with Crippen molar-refractivity contribution in [3.05, 3.63) is 126 Å². The summed E-state index contributed by atoms with van der Waals surface area (Å²) < 4.78 is 13.0. The smallest absolute Gasteiger partial charge is 0.119 e.